The van der Waals surface area contributed by atoms with Crippen LogP contribution >= 0.6 is 0 Å². The van der Waals surface area contributed by atoms with Crippen molar-refractivity contribution in [2.24, 2.45) is 0 Å². The van der Waals surface area contributed by atoms with Crippen LogP contribution in [-0.2, 0) is 0 Å². The molecule has 0 aliphatic heterocycles. The summed E-state index contributed by atoms with van der Waals surface area (Å²) < 4.78 is 5.27. The molecule has 0 spiro atoms. The smallest absolute Gasteiger partial charge is 0.452 e. The van der Waals surface area contributed by atoms with E-state index in [1.165, 1.54) is 24.3 Å². The summed E-state index contributed by atoms with van der Waals surface area (Å²) in [5, 5.41) is 13.7. The number of benzene rings is 1. The highest BCUT2D eigenvalue weighted by atomic mass is 16.6. The van der Waals surface area contributed by atoms with Crippen molar-refractivity contribution in [2.45, 2.75) is 0 Å². The van der Waals surface area contributed by atoms with Crippen molar-refractivity contribution in [1.82, 2.24) is 5.27 Å². The lowest BCUT2D eigenvalue weighted by Crippen LogP contribution is -2.43. The van der Waals surface area contributed by atoms with Crippen LogP contribution in [0.3, 0.4) is 0 Å². The number of rotatable bonds is 2. The second-order valence-electron chi connectivity index (χ2n) is 3.12. The summed E-state index contributed by atoms with van der Waals surface area (Å²) >= 11 is 0. The summed E-state index contributed by atoms with van der Waals surface area (Å²) in [5.74, 6) is -0.776. The Hall–Kier alpha value is -2.77. The molecule has 0 amide bonds. The second kappa shape index (κ2) is 4.00. The van der Waals surface area contributed by atoms with Crippen LogP contribution in [0.5, 0.6) is 0 Å². The maximum atomic E-state index is 11.7. The molecule has 0 fully saturated rings. The van der Waals surface area contributed by atoms with E-state index < -0.39 is 10.8 Å². The topological polar surface area (TPSA) is 114 Å². The molecule has 0 aliphatic carbocycles. The Bertz CT molecular complexity index is 575. The first-order chi connectivity index (χ1) is 8.08. The van der Waals surface area contributed by atoms with Crippen LogP contribution in [0.15, 0.2) is 35.0 Å². The zero-order chi connectivity index (χ0) is 12.4. The van der Waals surface area contributed by atoms with Gasteiger partial charge in [0.05, 0.1) is 10.5 Å². The fourth-order valence-corrected chi connectivity index (χ4v) is 1.20. The summed E-state index contributed by atoms with van der Waals surface area (Å²) in [6.45, 7) is 0. The Balaban J connectivity index is 2.29. The van der Waals surface area contributed by atoms with Crippen LogP contribution in [0.2, 0.25) is 0 Å². The molecule has 0 saturated heterocycles. The molecule has 2 rings (SSSR count). The predicted molar refractivity (Wildman–Crippen MR) is 53.5 cm³/mol. The third kappa shape index (κ3) is 2.09. The van der Waals surface area contributed by atoms with Crippen molar-refractivity contribution in [3.05, 3.63) is 51.9 Å². The van der Waals surface area contributed by atoms with E-state index in [9.17, 15) is 14.9 Å². The minimum atomic E-state index is -0.556. The van der Waals surface area contributed by atoms with E-state index in [1.54, 1.807) is 0 Å². The van der Waals surface area contributed by atoms with E-state index >= 15 is 0 Å². The van der Waals surface area contributed by atoms with E-state index in [0.717, 1.165) is 10.9 Å². The quantitative estimate of drug-likeness (QED) is 0.440. The van der Waals surface area contributed by atoms with Gasteiger partial charge in [-0.1, -0.05) is 0 Å². The van der Waals surface area contributed by atoms with Gasteiger partial charge in [-0.05, 0) is 12.1 Å². The molecular weight excluding hydrogens is 228 g/mol. The summed E-state index contributed by atoms with van der Waals surface area (Å²) in [6.07, 6.45) is 1.10. The molecule has 17 heavy (non-hydrogen) atoms. The fraction of sp³-hybridized carbons (Fsp3) is 0. The van der Waals surface area contributed by atoms with Crippen molar-refractivity contribution in [3.63, 3.8) is 0 Å². The SMILES string of the molecule is [NH-]c1c[n+](C(=O)c2ccc([N+](=O)[O-])cc2)no1. The van der Waals surface area contributed by atoms with Crippen LogP contribution in [0.4, 0.5) is 11.6 Å². The van der Waals surface area contributed by atoms with E-state index in [2.05, 4.69) is 9.79 Å². The molecule has 0 unspecified atom stereocenters. The van der Waals surface area contributed by atoms with E-state index in [4.69, 9.17) is 5.73 Å². The Kier molecular flexibility index (Phi) is 2.53. The van der Waals surface area contributed by atoms with Crippen LogP contribution < -0.4 is 4.68 Å². The normalized spacial score (nSPS) is 10.1. The van der Waals surface area contributed by atoms with E-state index in [1.807, 2.05) is 0 Å². The largest absolute Gasteiger partial charge is 0.660 e. The van der Waals surface area contributed by atoms with Crippen molar-refractivity contribution in [3.8, 4) is 0 Å². The third-order valence-electron chi connectivity index (χ3n) is 2.00. The molecule has 0 atom stereocenters. The summed E-state index contributed by atoms with van der Waals surface area (Å²) in [7, 11) is 0. The van der Waals surface area contributed by atoms with Crippen LogP contribution in [0.1, 0.15) is 10.4 Å². The van der Waals surface area contributed by atoms with Gasteiger partial charge < -0.3 is 10.3 Å². The molecule has 2 aromatic rings. The first-order valence-corrected chi connectivity index (χ1v) is 4.47. The number of nitrogens with one attached hydrogen (secondary N) is 1. The van der Waals surface area contributed by atoms with E-state index in [0.29, 0.717) is 0 Å². The third-order valence-corrected chi connectivity index (χ3v) is 2.00. The monoisotopic (exact) mass is 234 g/mol. The molecule has 8 heteroatoms. The van der Waals surface area contributed by atoms with Gasteiger partial charge in [0.15, 0.2) is 0 Å². The number of hydrogen-bond acceptors (Lipinski definition) is 5. The average molecular weight is 234 g/mol. The molecule has 1 aromatic carbocycles. The van der Waals surface area contributed by atoms with Gasteiger partial charge in [-0.25, -0.2) is 4.79 Å². The Morgan fingerprint density at radius 3 is 2.53 bits per heavy atom. The molecule has 1 aromatic heterocycles. The molecule has 8 nitrogen and oxygen atoms in total. The van der Waals surface area contributed by atoms with E-state index in [-0.39, 0.29) is 17.1 Å². The lowest BCUT2D eigenvalue weighted by Gasteiger charge is -1.91. The zero-order valence-electron chi connectivity index (χ0n) is 8.36. The first-order valence-electron chi connectivity index (χ1n) is 4.47. The van der Waals surface area contributed by atoms with Gasteiger partial charge in [0.25, 0.3) is 5.69 Å². The second-order valence-corrected chi connectivity index (χ2v) is 3.12. The highest BCUT2D eigenvalue weighted by Crippen LogP contribution is 2.12. The minimum Gasteiger partial charge on any atom is -0.660 e. The molecule has 0 bridgehead atoms. The van der Waals surface area contributed by atoms with Gasteiger partial charge >= 0.3 is 5.91 Å². The number of nitrogens with zero attached hydrogens (tertiary/aromatic N) is 3. The molecular formula is C9H6N4O4. The number of carbonyl (C=O) groups excluding carboxylic acids is 1. The molecule has 0 radical (unpaired) electrons. The van der Waals surface area contributed by atoms with Crippen LogP contribution in [-0.4, -0.2) is 16.1 Å². The highest BCUT2D eigenvalue weighted by molar-refractivity contribution is 5.87. The van der Waals surface area contributed by atoms with Crippen molar-refractivity contribution >= 4 is 17.5 Å². The lowest BCUT2D eigenvalue weighted by molar-refractivity contribution is -0.645. The predicted octanol–water partition coefficient (Wildman–Crippen LogP) is 1.24. The first kappa shape index (κ1) is 10.7. The summed E-state index contributed by atoms with van der Waals surface area (Å²) in [5.41, 5.74) is 7.18. The molecule has 0 saturated carbocycles. The zero-order valence-corrected chi connectivity index (χ0v) is 8.36. The highest BCUT2D eigenvalue weighted by Gasteiger charge is 2.22. The summed E-state index contributed by atoms with van der Waals surface area (Å²) in [4.78, 5) is 21.6. The molecule has 86 valence electrons. The van der Waals surface area contributed by atoms with Gasteiger partial charge in [-0.2, -0.15) is 0 Å². The number of hydrogen-bond donors (Lipinski definition) is 0. The van der Waals surface area contributed by atoms with Gasteiger partial charge in [0.1, 0.15) is 5.88 Å². The number of carbonyl (C=O) groups is 1. The standard InChI is InChI=1S/C9H6N4O4/c10-8-5-12(11-17-8)9(14)6-1-3-7(4-2-6)13(15)16/h1-5H,(H-,10,11). The molecule has 0 aliphatic rings. The fourth-order valence-electron chi connectivity index (χ4n) is 1.20. The maximum absolute atomic E-state index is 11.7. The minimum absolute atomic E-state index is 0.104. The van der Waals surface area contributed by atoms with Crippen LogP contribution in [0, 0.1) is 10.1 Å². The molecule has 1 N–H and O–H groups in total. The van der Waals surface area contributed by atoms with Gasteiger partial charge in [0.2, 0.25) is 11.5 Å². The maximum Gasteiger partial charge on any atom is 0.452 e. The van der Waals surface area contributed by atoms with Crippen LogP contribution in [0.25, 0.3) is 5.73 Å². The average Bonchev–Trinajstić information content (AvgIpc) is 2.75. The number of nitro groups is 1. The Morgan fingerprint density at radius 1 is 1.41 bits per heavy atom. The van der Waals surface area contributed by atoms with Crippen molar-refractivity contribution < 1.29 is 18.9 Å². The Labute approximate surface area is 94.4 Å². The van der Waals surface area contributed by atoms with Crippen molar-refractivity contribution in [2.75, 3.05) is 0 Å². The lowest BCUT2D eigenvalue weighted by atomic mass is 10.2. The van der Waals surface area contributed by atoms with Gasteiger partial charge in [-0.15, -0.1) is 0 Å². The number of aromatic nitrogens is 2. The van der Waals surface area contributed by atoms with Gasteiger partial charge in [0, 0.05) is 16.8 Å². The van der Waals surface area contributed by atoms with Gasteiger partial charge in [-0.3, -0.25) is 10.1 Å². The van der Waals surface area contributed by atoms with Crippen molar-refractivity contribution in [1.29, 1.82) is 0 Å². The number of non-ortho nitro benzene ring substituents is 1. The number of nitro benzene ring substituents is 1. The molecule has 1 heterocycles. The Morgan fingerprint density at radius 2 is 2.06 bits per heavy atom. The summed E-state index contributed by atoms with van der Waals surface area (Å²) in [6, 6.07) is 5.06.